The monoisotopic (exact) mass is 210 g/mol. The van der Waals surface area contributed by atoms with Crippen LogP contribution in [-0.4, -0.2) is 28.0 Å². The van der Waals surface area contributed by atoms with Crippen molar-refractivity contribution < 1.29 is 4.79 Å². The minimum absolute atomic E-state index is 0.279. The van der Waals surface area contributed by atoms with Gasteiger partial charge in [-0.2, -0.15) is 0 Å². The second-order valence-electron chi connectivity index (χ2n) is 3.70. The van der Waals surface area contributed by atoms with Crippen LogP contribution in [0.25, 0.3) is 0 Å². The van der Waals surface area contributed by atoms with Crippen LogP contribution < -0.4 is 11.1 Å². The van der Waals surface area contributed by atoms with Crippen LogP contribution in [0.15, 0.2) is 12.5 Å². The molecule has 1 amide bonds. The van der Waals surface area contributed by atoms with E-state index in [4.69, 9.17) is 5.73 Å². The molecule has 5 heteroatoms. The molecule has 0 radical (unpaired) electrons. The quantitative estimate of drug-likeness (QED) is 0.627. The second kappa shape index (κ2) is 5.50. The molecule has 0 spiro atoms. The summed E-state index contributed by atoms with van der Waals surface area (Å²) in [5.74, 6) is -0.335. The lowest BCUT2D eigenvalue weighted by molar-refractivity contribution is -0.120. The van der Waals surface area contributed by atoms with E-state index in [1.165, 1.54) is 0 Å². The van der Waals surface area contributed by atoms with E-state index < -0.39 is 0 Å². The summed E-state index contributed by atoms with van der Waals surface area (Å²) in [7, 11) is 0. The summed E-state index contributed by atoms with van der Waals surface area (Å²) in [5, 5.41) is 3.18. The average Bonchev–Trinajstić information content (AvgIpc) is 2.69. The van der Waals surface area contributed by atoms with E-state index in [0.29, 0.717) is 6.42 Å². The molecule has 0 fully saturated rings. The molecule has 15 heavy (non-hydrogen) atoms. The number of carbonyl (C=O) groups is 1. The molecule has 1 aromatic heterocycles. The Hall–Kier alpha value is -1.36. The highest BCUT2D eigenvalue weighted by Crippen LogP contribution is 2.00. The van der Waals surface area contributed by atoms with Gasteiger partial charge in [-0.25, -0.2) is 4.98 Å². The summed E-state index contributed by atoms with van der Waals surface area (Å²) in [4.78, 5) is 18.1. The van der Waals surface area contributed by atoms with E-state index in [9.17, 15) is 4.79 Å². The molecule has 5 nitrogen and oxygen atoms in total. The molecule has 1 rings (SSSR count). The van der Waals surface area contributed by atoms with Gasteiger partial charge in [0.05, 0.1) is 18.1 Å². The summed E-state index contributed by atoms with van der Waals surface area (Å²) in [5.41, 5.74) is 6.16. The van der Waals surface area contributed by atoms with Gasteiger partial charge in [0.1, 0.15) is 0 Å². The Morgan fingerprint density at radius 1 is 1.73 bits per heavy atom. The Labute approximate surface area is 89.5 Å². The highest BCUT2D eigenvalue weighted by Gasteiger charge is 2.18. The molecule has 4 N–H and O–H groups in total. The van der Waals surface area contributed by atoms with Crippen molar-refractivity contribution in [1.29, 1.82) is 0 Å². The average molecular weight is 210 g/mol. The van der Waals surface area contributed by atoms with Gasteiger partial charge in [0.2, 0.25) is 5.91 Å². The van der Waals surface area contributed by atoms with Gasteiger partial charge in [-0.1, -0.05) is 6.92 Å². The van der Waals surface area contributed by atoms with Gasteiger partial charge in [0, 0.05) is 18.7 Å². The first-order valence-corrected chi connectivity index (χ1v) is 5.16. The summed E-state index contributed by atoms with van der Waals surface area (Å²) < 4.78 is 0. The Balaban J connectivity index is 2.55. The summed E-state index contributed by atoms with van der Waals surface area (Å²) in [6, 6.07) is -0.0651. The van der Waals surface area contributed by atoms with E-state index in [1.807, 2.05) is 6.92 Å². The largest absolute Gasteiger partial charge is 0.368 e. The van der Waals surface area contributed by atoms with Crippen LogP contribution in [0.5, 0.6) is 0 Å². The van der Waals surface area contributed by atoms with Crippen molar-refractivity contribution in [2.24, 2.45) is 5.73 Å². The number of H-pyrrole nitrogens is 1. The van der Waals surface area contributed by atoms with E-state index in [0.717, 1.165) is 12.1 Å². The smallest absolute Gasteiger partial charge is 0.234 e. The van der Waals surface area contributed by atoms with Crippen molar-refractivity contribution in [2.45, 2.75) is 38.8 Å². The fourth-order valence-electron chi connectivity index (χ4n) is 1.31. The molecule has 1 aromatic rings. The van der Waals surface area contributed by atoms with Crippen LogP contribution in [0.2, 0.25) is 0 Å². The van der Waals surface area contributed by atoms with Gasteiger partial charge in [0.15, 0.2) is 0 Å². The minimum atomic E-state index is -0.344. The zero-order chi connectivity index (χ0) is 11.3. The Kier molecular flexibility index (Phi) is 4.30. The molecular weight excluding hydrogens is 192 g/mol. The number of primary amides is 1. The third kappa shape index (κ3) is 3.71. The fourth-order valence-corrected chi connectivity index (χ4v) is 1.31. The van der Waals surface area contributed by atoms with Gasteiger partial charge in [-0.3, -0.25) is 4.79 Å². The molecule has 0 saturated heterocycles. The molecule has 0 aromatic carbocycles. The van der Waals surface area contributed by atoms with E-state index in [2.05, 4.69) is 22.2 Å². The standard InChI is InChI=1S/C10H18N4O/c1-3-7(2)14-9(10(11)15)4-8-5-12-6-13-8/h5-7,9,14H,3-4H2,1-2H3,(H2,11,15)(H,12,13). The van der Waals surface area contributed by atoms with Gasteiger partial charge < -0.3 is 16.0 Å². The number of imidazole rings is 1. The summed E-state index contributed by atoms with van der Waals surface area (Å²) in [6.45, 7) is 4.09. The lowest BCUT2D eigenvalue weighted by Crippen LogP contribution is -2.46. The molecule has 0 bridgehead atoms. The number of nitrogens with one attached hydrogen (secondary N) is 2. The number of hydrogen-bond donors (Lipinski definition) is 3. The molecule has 84 valence electrons. The molecule has 0 aliphatic heterocycles. The van der Waals surface area contributed by atoms with Gasteiger partial charge in [0.25, 0.3) is 0 Å². The van der Waals surface area contributed by atoms with Crippen LogP contribution >= 0.6 is 0 Å². The molecule has 0 aliphatic rings. The van der Waals surface area contributed by atoms with E-state index in [1.54, 1.807) is 12.5 Å². The lowest BCUT2D eigenvalue weighted by Gasteiger charge is -2.18. The second-order valence-corrected chi connectivity index (χ2v) is 3.70. The van der Waals surface area contributed by atoms with Crippen molar-refractivity contribution >= 4 is 5.91 Å². The zero-order valence-electron chi connectivity index (χ0n) is 9.16. The molecule has 2 atom stereocenters. The number of carbonyl (C=O) groups excluding carboxylic acids is 1. The molecule has 0 saturated carbocycles. The van der Waals surface area contributed by atoms with Crippen molar-refractivity contribution in [3.05, 3.63) is 18.2 Å². The van der Waals surface area contributed by atoms with E-state index in [-0.39, 0.29) is 18.0 Å². The summed E-state index contributed by atoms with van der Waals surface area (Å²) in [6.07, 6.45) is 4.86. The van der Waals surface area contributed by atoms with Gasteiger partial charge >= 0.3 is 0 Å². The maximum atomic E-state index is 11.2. The Morgan fingerprint density at radius 2 is 2.47 bits per heavy atom. The van der Waals surface area contributed by atoms with Gasteiger partial charge in [-0.15, -0.1) is 0 Å². The SMILES string of the molecule is CCC(C)NC(Cc1c[nH]cn1)C(N)=O. The predicted octanol–water partition coefficient (Wildman–Crippen LogP) is 0.194. The first-order valence-electron chi connectivity index (χ1n) is 5.16. The van der Waals surface area contributed by atoms with Gasteiger partial charge in [-0.05, 0) is 13.3 Å². The highest BCUT2D eigenvalue weighted by molar-refractivity contribution is 5.80. The topological polar surface area (TPSA) is 83.8 Å². The number of nitrogens with two attached hydrogens (primary N) is 1. The minimum Gasteiger partial charge on any atom is -0.368 e. The Bertz CT molecular complexity index is 296. The van der Waals surface area contributed by atoms with Crippen molar-refractivity contribution in [1.82, 2.24) is 15.3 Å². The van der Waals surface area contributed by atoms with Crippen molar-refractivity contribution in [3.63, 3.8) is 0 Å². The number of hydrogen-bond acceptors (Lipinski definition) is 3. The molecule has 1 heterocycles. The van der Waals surface area contributed by atoms with Crippen molar-refractivity contribution in [3.8, 4) is 0 Å². The maximum absolute atomic E-state index is 11.2. The predicted molar refractivity (Wildman–Crippen MR) is 58.2 cm³/mol. The van der Waals surface area contributed by atoms with Crippen molar-refractivity contribution in [2.75, 3.05) is 0 Å². The first kappa shape index (κ1) is 11.7. The lowest BCUT2D eigenvalue weighted by atomic mass is 10.1. The van der Waals surface area contributed by atoms with Crippen LogP contribution in [-0.2, 0) is 11.2 Å². The van der Waals surface area contributed by atoms with Crippen LogP contribution in [0, 0.1) is 0 Å². The molecule has 2 unspecified atom stereocenters. The number of rotatable bonds is 6. The molecule has 0 aliphatic carbocycles. The number of amides is 1. The zero-order valence-corrected chi connectivity index (χ0v) is 9.16. The number of nitrogens with zero attached hydrogens (tertiary/aromatic N) is 1. The third-order valence-corrected chi connectivity index (χ3v) is 2.41. The molecular formula is C10H18N4O. The maximum Gasteiger partial charge on any atom is 0.234 e. The highest BCUT2D eigenvalue weighted by atomic mass is 16.1. The van der Waals surface area contributed by atoms with Crippen LogP contribution in [0.1, 0.15) is 26.0 Å². The van der Waals surface area contributed by atoms with E-state index >= 15 is 0 Å². The number of aromatic nitrogens is 2. The fraction of sp³-hybridized carbons (Fsp3) is 0.600. The third-order valence-electron chi connectivity index (χ3n) is 2.41. The first-order chi connectivity index (χ1) is 7.13. The van der Waals surface area contributed by atoms with Crippen LogP contribution in [0.4, 0.5) is 0 Å². The number of aromatic amines is 1. The van der Waals surface area contributed by atoms with Crippen LogP contribution in [0.3, 0.4) is 0 Å². The Morgan fingerprint density at radius 3 is 2.93 bits per heavy atom. The normalized spacial score (nSPS) is 14.8. The summed E-state index contributed by atoms with van der Waals surface area (Å²) >= 11 is 0.